The van der Waals surface area contributed by atoms with Crippen LogP contribution in [0.5, 0.6) is 0 Å². The van der Waals surface area contributed by atoms with E-state index in [9.17, 15) is 14.7 Å². The van der Waals surface area contributed by atoms with Gasteiger partial charge < -0.3 is 14.9 Å². The normalized spacial score (nSPS) is 24.6. The standard InChI is InChI=1S/C14H19N3O3S/c1-10-7-16(13(19)14(20)3-2-4-14)5-6-17(10)12(18)11-8-21-9-15-11/h8-10,20H,2-7H2,1H3/t10-/m0/s1. The molecule has 1 atom stereocenters. The lowest BCUT2D eigenvalue weighted by Gasteiger charge is -2.44. The summed E-state index contributed by atoms with van der Waals surface area (Å²) in [4.78, 5) is 32.1. The van der Waals surface area contributed by atoms with E-state index in [1.54, 1.807) is 20.7 Å². The summed E-state index contributed by atoms with van der Waals surface area (Å²) in [5.41, 5.74) is 0.953. The fraction of sp³-hybridized carbons (Fsp3) is 0.643. The Morgan fingerprint density at radius 1 is 1.43 bits per heavy atom. The summed E-state index contributed by atoms with van der Waals surface area (Å²) in [6.07, 6.45) is 2.01. The molecule has 7 heteroatoms. The minimum atomic E-state index is -1.15. The van der Waals surface area contributed by atoms with E-state index < -0.39 is 5.60 Å². The van der Waals surface area contributed by atoms with Gasteiger partial charge in [-0.2, -0.15) is 0 Å². The van der Waals surface area contributed by atoms with E-state index >= 15 is 0 Å². The molecule has 1 saturated carbocycles. The van der Waals surface area contributed by atoms with Crippen molar-refractivity contribution in [3.05, 3.63) is 16.6 Å². The Labute approximate surface area is 127 Å². The lowest BCUT2D eigenvalue weighted by Crippen LogP contribution is -2.61. The van der Waals surface area contributed by atoms with E-state index in [1.165, 1.54) is 11.3 Å². The Hall–Kier alpha value is -1.47. The van der Waals surface area contributed by atoms with Crippen LogP contribution in [0, 0.1) is 0 Å². The van der Waals surface area contributed by atoms with Gasteiger partial charge >= 0.3 is 0 Å². The molecule has 0 radical (unpaired) electrons. The molecule has 1 aromatic rings. The third-order valence-electron chi connectivity index (χ3n) is 4.41. The van der Waals surface area contributed by atoms with E-state index in [0.29, 0.717) is 38.2 Å². The highest BCUT2D eigenvalue weighted by Gasteiger charge is 2.45. The first-order chi connectivity index (χ1) is 10.0. The number of carbonyl (C=O) groups is 2. The van der Waals surface area contributed by atoms with E-state index in [0.717, 1.165) is 6.42 Å². The molecule has 2 aliphatic rings. The number of thiazole rings is 1. The highest BCUT2D eigenvalue weighted by atomic mass is 32.1. The molecule has 1 aliphatic carbocycles. The van der Waals surface area contributed by atoms with Gasteiger partial charge in [-0.05, 0) is 26.2 Å². The largest absolute Gasteiger partial charge is 0.380 e. The summed E-state index contributed by atoms with van der Waals surface area (Å²) in [5, 5.41) is 11.9. The fourth-order valence-electron chi connectivity index (χ4n) is 2.93. The SMILES string of the molecule is C[C@H]1CN(C(=O)C2(O)CCC2)CCN1C(=O)c1cscn1. The van der Waals surface area contributed by atoms with Gasteiger partial charge in [0, 0.05) is 31.1 Å². The Balaban J connectivity index is 1.64. The van der Waals surface area contributed by atoms with Crippen LogP contribution in [0.2, 0.25) is 0 Å². The summed E-state index contributed by atoms with van der Waals surface area (Å²) < 4.78 is 0. The van der Waals surface area contributed by atoms with Crippen LogP contribution >= 0.6 is 11.3 Å². The third-order valence-corrected chi connectivity index (χ3v) is 4.99. The van der Waals surface area contributed by atoms with Crippen LogP contribution in [-0.4, -0.2) is 63.0 Å². The van der Waals surface area contributed by atoms with Crippen molar-refractivity contribution in [2.75, 3.05) is 19.6 Å². The molecular weight excluding hydrogens is 290 g/mol. The van der Waals surface area contributed by atoms with Gasteiger partial charge in [0.1, 0.15) is 11.3 Å². The maximum atomic E-state index is 12.3. The van der Waals surface area contributed by atoms with Crippen LogP contribution in [0.15, 0.2) is 10.9 Å². The number of carbonyl (C=O) groups excluding carboxylic acids is 2. The molecule has 1 saturated heterocycles. The molecule has 2 fully saturated rings. The van der Waals surface area contributed by atoms with E-state index in [4.69, 9.17) is 0 Å². The maximum Gasteiger partial charge on any atom is 0.273 e. The Kier molecular flexibility index (Phi) is 3.71. The molecule has 1 aliphatic heterocycles. The van der Waals surface area contributed by atoms with Gasteiger partial charge in [-0.1, -0.05) is 0 Å². The Bertz CT molecular complexity index is 542. The molecule has 0 unspecified atom stereocenters. The van der Waals surface area contributed by atoms with Crippen molar-refractivity contribution in [3.8, 4) is 0 Å². The molecular formula is C14H19N3O3S. The van der Waals surface area contributed by atoms with E-state index in [1.807, 2.05) is 6.92 Å². The van der Waals surface area contributed by atoms with Gasteiger partial charge in [-0.3, -0.25) is 9.59 Å². The minimum absolute atomic E-state index is 0.0689. The molecule has 3 rings (SSSR count). The van der Waals surface area contributed by atoms with Crippen LogP contribution in [-0.2, 0) is 4.79 Å². The van der Waals surface area contributed by atoms with Gasteiger partial charge in [0.25, 0.3) is 11.8 Å². The first-order valence-electron chi connectivity index (χ1n) is 7.22. The minimum Gasteiger partial charge on any atom is -0.380 e. The smallest absolute Gasteiger partial charge is 0.273 e. The number of hydrogen-bond acceptors (Lipinski definition) is 5. The zero-order chi connectivity index (χ0) is 15.0. The van der Waals surface area contributed by atoms with Gasteiger partial charge in [0.05, 0.1) is 5.51 Å². The quantitative estimate of drug-likeness (QED) is 0.874. The van der Waals surface area contributed by atoms with Crippen LogP contribution in [0.4, 0.5) is 0 Å². The summed E-state index contributed by atoms with van der Waals surface area (Å²) in [5.74, 6) is -0.264. The molecule has 114 valence electrons. The summed E-state index contributed by atoms with van der Waals surface area (Å²) >= 11 is 1.40. The second-order valence-electron chi connectivity index (χ2n) is 5.86. The first kappa shape index (κ1) is 14.5. The number of nitrogens with zero attached hydrogens (tertiary/aromatic N) is 3. The van der Waals surface area contributed by atoms with Gasteiger partial charge in [-0.25, -0.2) is 4.98 Å². The van der Waals surface area contributed by atoms with Crippen LogP contribution in [0.1, 0.15) is 36.7 Å². The van der Waals surface area contributed by atoms with Gasteiger partial charge in [-0.15, -0.1) is 11.3 Å². The molecule has 2 heterocycles. The summed E-state index contributed by atoms with van der Waals surface area (Å²) in [6, 6.07) is -0.0689. The monoisotopic (exact) mass is 309 g/mol. The molecule has 0 spiro atoms. The number of aromatic nitrogens is 1. The number of amides is 2. The first-order valence-corrected chi connectivity index (χ1v) is 8.16. The number of aliphatic hydroxyl groups is 1. The molecule has 2 amide bonds. The van der Waals surface area contributed by atoms with Gasteiger partial charge in [0.2, 0.25) is 0 Å². The maximum absolute atomic E-state index is 12.3. The summed E-state index contributed by atoms with van der Waals surface area (Å²) in [6.45, 7) is 3.35. The van der Waals surface area contributed by atoms with Crippen LogP contribution in [0.25, 0.3) is 0 Å². The average molecular weight is 309 g/mol. The number of piperazine rings is 1. The van der Waals surface area contributed by atoms with Crippen molar-refractivity contribution in [2.45, 2.75) is 37.8 Å². The average Bonchev–Trinajstić information content (AvgIpc) is 2.97. The predicted octanol–water partition coefficient (Wildman–Crippen LogP) is 0.731. The number of rotatable bonds is 2. The zero-order valence-electron chi connectivity index (χ0n) is 12.0. The third kappa shape index (κ3) is 2.55. The Morgan fingerprint density at radius 3 is 2.71 bits per heavy atom. The second-order valence-corrected chi connectivity index (χ2v) is 6.58. The molecule has 1 N–H and O–H groups in total. The molecule has 21 heavy (non-hydrogen) atoms. The lowest BCUT2D eigenvalue weighted by molar-refractivity contribution is -0.162. The van der Waals surface area contributed by atoms with Crippen molar-refractivity contribution in [2.24, 2.45) is 0 Å². The van der Waals surface area contributed by atoms with Crippen molar-refractivity contribution < 1.29 is 14.7 Å². The van der Waals surface area contributed by atoms with E-state index in [2.05, 4.69) is 4.98 Å². The highest BCUT2D eigenvalue weighted by Crippen LogP contribution is 2.34. The fourth-order valence-corrected chi connectivity index (χ4v) is 3.45. The topological polar surface area (TPSA) is 73.7 Å². The zero-order valence-corrected chi connectivity index (χ0v) is 12.8. The van der Waals surface area contributed by atoms with Crippen molar-refractivity contribution in [1.29, 1.82) is 0 Å². The molecule has 0 aromatic carbocycles. The van der Waals surface area contributed by atoms with Gasteiger partial charge in [0.15, 0.2) is 0 Å². The highest BCUT2D eigenvalue weighted by molar-refractivity contribution is 7.07. The predicted molar refractivity (Wildman–Crippen MR) is 78.0 cm³/mol. The number of hydrogen-bond donors (Lipinski definition) is 1. The molecule has 6 nitrogen and oxygen atoms in total. The summed E-state index contributed by atoms with van der Waals surface area (Å²) in [7, 11) is 0. The van der Waals surface area contributed by atoms with Crippen LogP contribution in [0.3, 0.4) is 0 Å². The van der Waals surface area contributed by atoms with Crippen molar-refractivity contribution in [3.63, 3.8) is 0 Å². The van der Waals surface area contributed by atoms with Crippen LogP contribution < -0.4 is 0 Å². The molecule has 0 bridgehead atoms. The second kappa shape index (κ2) is 5.38. The van der Waals surface area contributed by atoms with E-state index in [-0.39, 0.29) is 17.9 Å². The Morgan fingerprint density at radius 2 is 2.19 bits per heavy atom. The van der Waals surface area contributed by atoms with Crippen molar-refractivity contribution >= 4 is 23.2 Å². The lowest BCUT2D eigenvalue weighted by atomic mass is 9.79. The molecule has 1 aromatic heterocycles. The van der Waals surface area contributed by atoms with Crippen molar-refractivity contribution in [1.82, 2.24) is 14.8 Å².